The summed E-state index contributed by atoms with van der Waals surface area (Å²) in [5, 5.41) is 6.44. The first kappa shape index (κ1) is 41.3. The van der Waals surface area contributed by atoms with Crippen molar-refractivity contribution >= 4 is 27.4 Å². The largest absolute Gasteiger partial charge is 0.452 e. The number of hydrogen-bond donors (Lipinski definition) is 2. The Morgan fingerprint density at radius 3 is 1.20 bits per heavy atom. The van der Waals surface area contributed by atoms with Crippen molar-refractivity contribution < 1.29 is 65.4 Å². The minimum Gasteiger partial charge on any atom is -0.452 e. The van der Waals surface area contributed by atoms with E-state index < -0.39 is 10.9 Å². The maximum absolute atomic E-state index is 6.33. The van der Waals surface area contributed by atoms with E-state index in [0.29, 0.717) is 0 Å². The van der Waals surface area contributed by atoms with E-state index in [9.17, 15) is 0 Å². The molecule has 2 heterocycles. The molecule has 0 bridgehead atoms. The molecule has 6 radical (unpaired) electrons. The smallest absolute Gasteiger partial charge is 0.0920 e. The van der Waals surface area contributed by atoms with E-state index in [1.807, 2.05) is 102 Å². The van der Waals surface area contributed by atoms with Crippen molar-refractivity contribution in [3.8, 4) is 0 Å². The second-order valence-electron chi connectivity index (χ2n) is 8.62. The molecule has 0 spiro atoms. The molecule has 0 aliphatic carbocycles. The van der Waals surface area contributed by atoms with Crippen LogP contribution >= 0.6 is 0 Å². The molecule has 4 rings (SSSR count). The molecule has 206 valence electrons. The Labute approximate surface area is 297 Å². The summed E-state index contributed by atoms with van der Waals surface area (Å²) < 4.78 is 0. The van der Waals surface area contributed by atoms with Crippen LogP contribution in [-0.2, 0) is 76.3 Å². The standard InChI is InChI=1S/2C14H16BN2.2C2H6.2Y/c2*1-3-7-13-10-14(15,17-11(2)16-13)12-8-5-4-6-9-12;2*1-2;;/h2*4-6,8-9H,3,7H2,1-2H3,(H,16,17);2*1-2H3;;/q2*-1;;;;. The molecular formula is C32H44B2N4Y2-2. The minimum absolute atomic E-state index is 0. The van der Waals surface area contributed by atoms with Gasteiger partial charge in [-0.1, -0.05) is 137 Å². The second kappa shape index (κ2) is 21.8. The van der Waals surface area contributed by atoms with Gasteiger partial charge < -0.3 is 32.8 Å². The third-order valence-corrected chi connectivity index (χ3v) is 5.46. The molecule has 0 fully saturated rings. The van der Waals surface area contributed by atoms with Crippen LogP contribution in [0, 0.1) is 12.2 Å². The number of nitrogens with zero attached hydrogens (tertiary/aromatic N) is 2. The summed E-state index contributed by atoms with van der Waals surface area (Å²) in [6.07, 6.45) is 10.6. The molecule has 2 N–H and O–H groups in total. The topological polar surface area (TPSA) is 48.8 Å². The van der Waals surface area contributed by atoms with Crippen LogP contribution in [-0.4, -0.2) is 27.4 Å². The molecule has 2 unspecified atom stereocenters. The molecule has 40 heavy (non-hydrogen) atoms. The summed E-state index contributed by atoms with van der Waals surface area (Å²) in [4.78, 5) is 8.94. The fourth-order valence-electron chi connectivity index (χ4n) is 4.01. The van der Waals surface area contributed by atoms with Crippen molar-refractivity contribution in [1.29, 1.82) is 0 Å². The van der Waals surface area contributed by atoms with Crippen molar-refractivity contribution in [1.82, 2.24) is 10.6 Å². The molecule has 4 nitrogen and oxygen atoms in total. The van der Waals surface area contributed by atoms with Gasteiger partial charge in [-0.2, -0.15) is 11.4 Å². The maximum atomic E-state index is 6.33. The fourth-order valence-corrected chi connectivity index (χ4v) is 4.01. The van der Waals surface area contributed by atoms with Gasteiger partial charge in [0.25, 0.3) is 0 Å². The van der Waals surface area contributed by atoms with Crippen molar-refractivity contribution in [3.63, 3.8) is 0 Å². The van der Waals surface area contributed by atoms with Gasteiger partial charge in [0, 0.05) is 65.4 Å². The predicted octanol–water partition coefficient (Wildman–Crippen LogP) is 7.08. The Bertz CT molecular complexity index is 1000. The van der Waals surface area contributed by atoms with Gasteiger partial charge in [-0.05, 0) is 26.7 Å². The zero-order valence-corrected chi connectivity index (χ0v) is 31.5. The number of amidine groups is 2. The first-order valence-corrected chi connectivity index (χ1v) is 13.9. The molecule has 0 aromatic heterocycles. The van der Waals surface area contributed by atoms with Gasteiger partial charge in [0.15, 0.2) is 0 Å². The van der Waals surface area contributed by atoms with E-state index in [1.165, 1.54) is 0 Å². The normalized spacial score (nSPS) is 20.4. The van der Waals surface area contributed by atoms with Gasteiger partial charge in [0.2, 0.25) is 0 Å². The average molecular weight is 684 g/mol. The SMILES string of the molecule is CC.CC.[B]C1(c2ccccc2)[C-]=C(CCC)NC(C)=N1.[B]C1(c2ccccc2)[C-]=C(CCC)NC(C)=N1.[Y].[Y]. The quantitative estimate of drug-likeness (QED) is 0.253. The summed E-state index contributed by atoms with van der Waals surface area (Å²) in [7, 11) is 12.7. The summed E-state index contributed by atoms with van der Waals surface area (Å²) in [5.74, 6) is 1.69. The minimum atomic E-state index is -0.846. The van der Waals surface area contributed by atoms with Crippen LogP contribution in [0.5, 0.6) is 0 Å². The van der Waals surface area contributed by atoms with E-state index in [1.54, 1.807) is 0 Å². The van der Waals surface area contributed by atoms with E-state index in [4.69, 9.17) is 15.7 Å². The van der Waals surface area contributed by atoms with Gasteiger partial charge >= 0.3 is 0 Å². The molecule has 0 saturated heterocycles. The van der Waals surface area contributed by atoms with E-state index in [2.05, 4.69) is 46.6 Å². The summed E-state index contributed by atoms with van der Waals surface area (Å²) in [6, 6.07) is 19.8. The van der Waals surface area contributed by atoms with Gasteiger partial charge in [0.1, 0.15) is 0 Å². The van der Waals surface area contributed by atoms with E-state index >= 15 is 0 Å². The Morgan fingerprint density at radius 2 is 0.925 bits per heavy atom. The molecule has 8 heteroatoms. The summed E-state index contributed by atoms with van der Waals surface area (Å²) in [5.41, 5.74) is 2.31. The van der Waals surface area contributed by atoms with Crippen LogP contribution in [0.25, 0.3) is 0 Å². The van der Waals surface area contributed by atoms with Crippen LogP contribution in [0.4, 0.5) is 0 Å². The molecule has 0 saturated carbocycles. The zero-order chi connectivity index (χ0) is 28.6. The number of benzene rings is 2. The van der Waals surface area contributed by atoms with Crippen molar-refractivity contribution in [2.75, 3.05) is 0 Å². The van der Waals surface area contributed by atoms with Crippen LogP contribution < -0.4 is 10.6 Å². The molecular weight excluding hydrogens is 640 g/mol. The van der Waals surface area contributed by atoms with Crippen LogP contribution in [0.3, 0.4) is 0 Å². The predicted molar refractivity (Wildman–Crippen MR) is 166 cm³/mol. The van der Waals surface area contributed by atoms with E-state index in [-0.39, 0.29) is 65.4 Å². The molecule has 2 atom stereocenters. The number of hydrogen-bond acceptors (Lipinski definition) is 4. The fraction of sp³-hybridized carbons (Fsp3) is 0.438. The van der Waals surface area contributed by atoms with Gasteiger partial charge in [-0.3, -0.25) is 0 Å². The second-order valence-corrected chi connectivity index (χ2v) is 8.62. The van der Waals surface area contributed by atoms with Crippen LogP contribution in [0.2, 0.25) is 0 Å². The molecule has 2 aromatic carbocycles. The van der Waals surface area contributed by atoms with E-state index in [0.717, 1.165) is 59.9 Å². The number of nitrogens with one attached hydrogen (secondary N) is 2. The monoisotopic (exact) mass is 684 g/mol. The molecule has 0 amide bonds. The third kappa shape index (κ3) is 13.0. The molecule has 2 aromatic rings. The van der Waals surface area contributed by atoms with Crippen molar-refractivity contribution in [3.05, 3.63) is 95.3 Å². The molecule has 2 aliphatic heterocycles. The van der Waals surface area contributed by atoms with Gasteiger partial charge in [0.05, 0.1) is 27.4 Å². The van der Waals surface area contributed by atoms with Crippen LogP contribution in [0.1, 0.15) is 92.2 Å². The maximum Gasteiger partial charge on any atom is 0.0920 e. The summed E-state index contributed by atoms with van der Waals surface area (Å²) >= 11 is 0. The Hall–Kier alpha value is -0.802. The van der Waals surface area contributed by atoms with Crippen molar-refractivity contribution in [2.45, 2.75) is 91.9 Å². The van der Waals surface area contributed by atoms with Crippen molar-refractivity contribution in [2.24, 2.45) is 9.98 Å². The van der Waals surface area contributed by atoms with Gasteiger partial charge in [-0.25, -0.2) is 0 Å². The zero-order valence-electron chi connectivity index (χ0n) is 25.8. The van der Waals surface area contributed by atoms with Gasteiger partial charge in [-0.15, -0.1) is 0 Å². The Morgan fingerprint density at radius 1 is 0.625 bits per heavy atom. The number of allylic oxidation sites excluding steroid dienone is 2. The average Bonchev–Trinajstić information content (AvgIpc) is 2.92. The first-order valence-electron chi connectivity index (χ1n) is 13.9. The summed E-state index contributed by atoms with van der Waals surface area (Å²) in [6.45, 7) is 16.1. The number of rotatable bonds is 6. The molecule has 2 aliphatic rings. The number of aliphatic imine (C=N–C) groups is 2. The third-order valence-electron chi connectivity index (χ3n) is 5.46. The Kier molecular flexibility index (Phi) is 22.6. The van der Waals surface area contributed by atoms with Crippen LogP contribution in [0.15, 0.2) is 82.0 Å². The first-order chi connectivity index (χ1) is 18.3. The Balaban J connectivity index is 0.